The number of pyridine rings is 1. The lowest BCUT2D eigenvalue weighted by Crippen LogP contribution is -2.21. The highest BCUT2D eigenvalue weighted by molar-refractivity contribution is 5.94. The van der Waals surface area contributed by atoms with Crippen LogP contribution in [0.4, 0.5) is 8.78 Å². The molecule has 0 spiro atoms. The topological polar surface area (TPSA) is 39.1 Å². The number of nitrogens with zero attached hydrogens (tertiary/aromatic N) is 1. The van der Waals surface area contributed by atoms with Crippen molar-refractivity contribution < 1.29 is 13.6 Å². The Labute approximate surface area is 85.3 Å². The second kappa shape index (κ2) is 4.33. The normalized spacial score (nSPS) is 10.7. The largest absolute Gasteiger partial charge is 0.345 e. The van der Waals surface area contributed by atoms with Gasteiger partial charge < -0.3 is 4.57 Å². The van der Waals surface area contributed by atoms with E-state index >= 15 is 0 Å². The van der Waals surface area contributed by atoms with E-state index in [4.69, 9.17) is 0 Å². The summed E-state index contributed by atoms with van der Waals surface area (Å²) in [5, 5.41) is 0. The summed E-state index contributed by atoms with van der Waals surface area (Å²) in [6.45, 7) is 2.23. The number of hydrogen-bond donors (Lipinski definition) is 0. The van der Waals surface area contributed by atoms with Crippen LogP contribution in [0.1, 0.15) is 23.0 Å². The number of aromatic nitrogens is 1. The number of ketones is 1. The highest BCUT2D eigenvalue weighted by Crippen LogP contribution is 2.07. The molecule has 1 aromatic heterocycles. The van der Waals surface area contributed by atoms with Gasteiger partial charge in [0.25, 0.3) is 6.43 Å². The number of halogens is 2. The van der Waals surface area contributed by atoms with E-state index in [0.717, 1.165) is 6.07 Å². The van der Waals surface area contributed by atoms with E-state index in [2.05, 4.69) is 0 Å². The van der Waals surface area contributed by atoms with Gasteiger partial charge in [-0.2, -0.15) is 0 Å². The van der Waals surface area contributed by atoms with Crippen LogP contribution >= 0.6 is 0 Å². The monoisotopic (exact) mass is 215 g/mol. The van der Waals surface area contributed by atoms with Crippen LogP contribution < -0.4 is 5.43 Å². The molecule has 0 aromatic carbocycles. The highest BCUT2D eigenvalue weighted by Gasteiger charge is 2.13. The van der Waals surface area contributed by atoms with Gasteiger partial charge in [0.05, 0.1) is 12.1 Å². The molecule has 5 heteroatoms. The minimum atomic E-state index is -2.51. The summed E-state index contributed by atoms with van der Waals surface area (Å²) in [6, 6.07) is 1.13. The standard InChI is InChI=1S/C10H11F2NO2/c1-6-10(7(2)14)8(15)3-4-13(6)5-9(11)12/h3-4,9H,5H2,1-2H3. The molecule has 0 N–H and O–H groups in total. The molecule has 3 nitrogen and oxygen atoms in total. The first kappa shape index (κ1) is 11.6. The predicted molar refractivity (Wildman–Crippen MR) is 51.4 cm³/mol. The van der Waals surface area contributed by atoms with Crippen molar-refractivity contribution in [3.63, 3.8) is 0 Å². The third kappa shape index (κ3) is 2.49. The number of rotatable bonds is 3. The van der Waals surface area contributed by atoms with Gasteiger partial charge in [0.2, 0.25) is 0 Å². The Balaban J connectivity index is 3.29. The quantitative estimate of drug-likeness (QED) is 0.719. The van der Waals surface area contributed by atoms with Crippen molar-refractivity contribution in [1.82, 2.24) is 4.57 Å². The minimum absolute atomic E-state index is 0.0156. The molecular formula is C10H11F2NO2. The third-order valence-electron chi connectivity index (χ3n) is 2.13. The average molecular weight is 215 g/mol. The van der Waals surface area contributed by atoms with Crippen molar-refractivity contribution in [2.45, 2.75) is 26.8 Å². The summed E-state index contributed by atoms with van der Waals surface area (Å²) in [5.74, 6) is -0.402. The van der Waals surface area contributed by atoms with Crippen molar-refractivity contribution in [2.75, 3.05) is 0 Å². The lowest BCUT2D eigenvalue weighted by Gasteiger charge is -2.11. The summed E-state index contributed by atoms with van der Waals surface area (Å²) >= 11 is 0. The Morgan fingerprint density at radius 2 is 2.13 bits per heavy atom. The Morgan fingerprint density at radius 3 is 2.60 bits per heavy atom. The van der Waals surface area contributed by atoms with E-state index in [9.17, 15) is 18.4 Å². The zero-order valence-electron chi connectivity index (χ0n) is 8.46. The maximum Gasteiger partial charge on any atom is 0.256 e. The van der Waals surface area contributed by atoms with Crippen LogP contribution in [0.3, 0.4) is 0 Å². The van der Waals surface area contributed by atoms with E-state index in [-0.39, 0.29) is 11.3 Å². The second-order valence-electron chi connectivity index (χ2n) is 3.24. The van der Waals surface area contributed by atoms with Gasteiger partial charge in [-0.1, -0.05) is 0 Å². The maximum absolute atomic E-state index is 12.1. The van der Waals surface area contributed by atoms with Crippen LogP contribution in [0.25, 0.3) is 0 Å². The average Bonchev–Trinajstić information content (AvgIpc) is 2.09. The van der Waals surface area contributed by atoms with E-state index in [1.165, 1.54) is 24.6 Å². The van der Waals surface area contributed by atoms with Crippen molar-refractivity contribution >= 4 is 5.78 Å². The van der Waals surface area contributed by atoms with Crippen molar-refractivity contribution in [2.24, 2.45) is 0 Å². The fourth-order valence-corrected chi connectivity index (χ4v) is 1.45. The Hall–Kier alpha value is -1.52. The molecular weight excluding hydrogens is 204 g/mol. The summed E-state index contributed by atoms with van der Waals surface area (Å²) in [7, 11) is 0. The number of alkyl halides is 2. The van der Waals surface area contributed by atoms with E-state index in [0.29, 0.717) is 0 Å². The molecule has 0 aliphatic rings. The summed E-state index contributed by atoms with van der Waals surface area (Å²) in [5.41, 5.74) is -0.154. The minimum Gasteiger partial charge on any atom is -0.345 e. The van der Waals surface area contributed by atoms with E-state index in [1.807, 2.05) is 0 Å². The van der Waals surface area contributed by atoms with E-state index in [1.54, 1.807) is 0 Å². The van der Waals surface area contributed by atoms with Gasteiger partial charge in [-0.25, -0.2) is 8.78 Å². The zero-order valence-corrected chi connectivity index (χ0v) is 8.46. The van der Waals surface area contributed by atoms with Crippen molar-refractivity contribution in [1.29, 1.82) is 0 Å². The molecule has 0 saturated carbocycles. The lowest BCUT2D eigenvalue weighted by atomic mass is 10.1. The van der Waals surface area contributed by atoms with Gasteiger partial charge in [0.15, 0.2) is 11.2 Å². The molecule has 0 bridgehead atoms. The molecule has 82 valence electrons. The highest BCUT2D eigenvalue weighted by atomic mass is 19.3. The molecule has 0 fully saturated rings. The van der Waals surface area contributed by atoms with Crippen LogP contribution in [-0.2, 0) is 6.54 Å². The van der Waals surface area contributed by atoms with Crippen molar-refractivity contribution in [3.05, 3.63) is 33.7 Å². The smallest absolute Gasteiger partial charge is 0.256 e. The van der Waals surface area contributed by atoms with Gasteiger partial charge in [0.1, 0.15) is 0 Å². The SMILES string of the molecule is CC(=O)c1c(C)n(CC(F)F)ccc1=O. The Bertz CT molecular complexity index is 438. The van der Waals surface area contributed by atoms with Crippen LogP contribution in [-0.4, -0.2) is 16.8 Å². The van der Waals surface area contributed by atoms with Gasteiger partial charge in [-0.15, -0.1) is 0 Å². The summed E-state index contributed by atoms with van der Waals surface area (Å²) in [6.07, 6.45) is -1.23. The number of carbonyl (C=O) groups excluding carboxylic acids is 1. The number of Topliss-reactive ketones (excluding diaryl/α,β-unsaturated/α-hetero) is 1. The molecule has 1 rings (SSSR count). The van der Waals surface area contributed by atoms with Crippen LogP contribution in [0, 0.1) is 6.92 Å². The molecule has 1 aromatic rings. The Kier molecular flexibility index (Phi) is 3.34. The summed E-state index contributed by atoms with van der Waals surface area (Å²) < 4.78 is 25.5. The van der Waals surface area contributed by atoms with Gasteiger partial charge in [0, 0.05) is 18.0 Å². The molecule has 0 amide bonds. The molecule has 0 unspecified atom stereocenters. The molecule has 0 atom stereocenters. The molecule has 0 radical (unpaired) electrons. The van der Waals surface area contributed by atoms with E-state index < -0.39 is 24.2 Å². The summed E-state index contributed by atoms with van der Waals surface area (Å²) in [4.78, 5) is 22.4. The van der Waals surface area contributed by atoms with Crippen LogP contribution in [0.15, 0.2) is 17.1 Å². The predicted octanol–water partition coefficient (Wildman–Crippen LogP) is 1.62. The van der Waals surface area contributed by atoms with Gasteiger partial charge >= 0.3 is 0 Å². The molecule has 0 saturated heterocycles. The third-order valence-corrected chi connectivity index (χ3v) is 2.13. The lowest BCUT2D eigenvalue weighted by molar-refractivity contribution is 0.101. The fourth-order valence-electron chi connectivity index (χ4n) is 1.45. The molecule has 15 heavy (non-hydrogen) atoms. The van der Waals surface area contributed by atoms with Crippen LogP contribution in [0.5, 0.6) is 0 Å². The molecule has 0 aliphatic heterocycles. The van der Waals surface area contributed by atoms with Crippen molar-refractivity contribution in [3.8, 4) is 0 Å². The first-order chi connectivity index (χ1) is 6.93. The first-order valence-corrected chi connectivity index (χ1v) is 4.42. The van der Waals surface area contributed by atoms with Gasteiger partial charge in [-0.3, -0.25) is 9.59 Å². The molecule has 0 aliphatic carbocycles. The fraction of sp³-hybridized carbons (Fsp3) is 0.400. The second-order valence-corrected chi connectivity index (χ2v) is 3.24. The number of hydrogen-bond acceptors (Lipinski definition) is 2. The zero-order chi connectivity index (χ0) is 11.6. The van der Waals surface area contributed by atoms with Crippen LogP contribution in [0.2, 0.25) is 0 Å². The Morgan fingerprint density at radius 1 is 1.53 bits per heavy atom. The molecule has 1 heterocycles. The van der Waals surface area contributed by atoms with Gasteiger partial charge in [-0.05, 0) is 13.8 Å². The first-order valence-electron chi connectivity index (χ1n) is 4.42. The number of carbonyl (C=O) groups is 1. The maximum atomic E-state index is 12.1.